The molecule has 0 radical (unpaired) electrons. The van der Waals surface area contributed by atoms with Crippen molar-refractivity contribution in [3.8, 4) is 11.5 Å². The SMILES string of the molecule is C=C1C=C(C(=O)N2CCC(c3ccc(OC)c(OC)c3)=N2)C=CC1=NC. The number of carbonyl (C=O) groups is 1. The summed E-state index contributed by atoms with van der Waals surface area (Å²) in [6.45, 7) is 4.47. The summed E-state index contributed by atoms with van der Waals surface area (Å²) in [6.07, 6.45) is 5.98. The predicted octanol–water partition coefficient (Wildman–Crippen LogP) is 2.76. The van der Waals surface area contributed by atoms with E-state index in [-0.39, 0.29) is 5.91 Å². The van der Waals surface area contributed by atoms with Gasteiger partial charge in [-0.1, -0.05) is 6.58 Å². The van der Waals surface area contributed by atoms with Crippen LogP contribution in [0.15, 0.2) is 64.2 Å². The Hall–Kier alpha value is -3.15. The molecular weight excluding hydrogens is 330 g/mol. The number of ether oxygens (including phenoxy) is 2. The normalized spacial score (nSPS) is 18.0. The number of rotatable bonds is 4. The molecule has 0 saturated carbocycles. The van der Waals surface area contributed by atoms with E-state index < -0.39 is 0 Å². The van der Waals surface area contributed by atoms with E-state index in [9.17, 15) is 4.79 Å². The first kappa shape index (κ1) is 17.7. The molecule has 0 aromatic heterocycles. The second kappa shape index (κ2) is 7.39. The number of allylic oxidation sites excluding steroid dienone is 3. The number of amides is 1. The van der Waals surface area contributed by atoms with Crippen LogP contribution in [-0.4, -0.2) is 50.2 Å². The summed E-state index contributed by atoms with van der Waals surface area (Å²) in [7, 11) is 4.89. The summed E-state index contributed by atoms with van der Waals surface area (Å²) in [5.41, 5.74) is 3.81. The molecule has 0 unspecified atom stereocenters. The summed E-state index contributed by atoms with van der Waals surface area (Å²) in [6, 6.07) is 5.63. The van der Waals surface area contributed by atoms with Gasteiger partial charge in [0.2, 0.25) is 0 Å². The molecule has 0 saturated heterocycles. The van der Waals surface area contributed by atoms with Gasteiger partial charge in [-0.3, -0.25) is 9.79 Å². The molecule has 0 fully saturated rings. The zero-order valence-electron chi connectivity index (χ0n) is 15.2. The van der Waals surface area contributed by atoms with Crippen LogP contribution in [-0.2, 0) is 4.79 Å². The molecule has 1 aromatic rings. The van der Waals surface area contributed by atoms with Gasteiger partial charge < -0.3 is 9.47 Å². The van der Waals surface area contributed by atoms with Crippen molar-refractivity contribution in [2.75, 3.05) is 27.8 Å². The molecule has 134 valence electrons. The van der Waals surface area contributed by atoms with Crippen molar-refractivity contribution in [3.63, 3.8) is 0 Å². The number of hydrogen-bond donors (Lipinski definition) is 0. The molecule has 26 heavy (non-hydrogen) atoms. The molecule has 6 nitrogen and oxygen atoms in total. The summed E-state index contributed by atoms with van der Waals surface area (Å²) >= 11 is 0. The molecule has 0 spiro atoms. The molecule has 1 heterocycles. The maximum absolute atomic E-state index is 12.7. The van der Waals surface area contributed by atoms with Crippen LogP contribution in [0.4, 0.5) is 0 Å². The maximum Gasteiger partial charge on any atom is 0.273 e. The molecule has 3 rings (SSSR count). The van der Waals surface area contributed by atoms with Crippen molar-refractivity contribution in [3.05, 3.63) is 59.7 Å². The lowest BCUT2D eigenvalue weighted by Gasteiger charge is -2.15. The van der Waals surface area contributed by atoms with E-state index in [4.69, 9.17) is 9.47 Å². The van der Waals surface area contributed by atoms with Gasteiger partial charge in [0, 0.05) is 24.6 Å². The number of hydrazone groups is 1. The van der Waals surface area contributed by atoms with Gasteiger partial charge in [0.05, 0.1) is 32.2 Å². The lowest BCUT2D eigenvalue weighted by Crippen LogP contribution is -2.25. The highest BCUT2D eigenvalue weighted by molar-refractivity contribution is 6.15. The van der Waals surface area contributed by atoms with E-state index in [0.717, 1.165) is 22.6 Å². The number of carbonyl (C=O) groups excluding carboxylic acids is 1. The molecule has 1 aliphatic heterocycles. The fourth-order valence-electron chi connectivity index (χ4n) is 2.91. The van der Waals surface area contributed by atoms with Gasteiger partial charge in [-0.05, 0) is 42.0 Å². The first-order chi connectivity index (χ1) is 12.6. The number of nitrogens with zero attached hydrogens (tertiary/aromatic N) is 3. The van der Waals surface area contributed by atoms with Crippen molar-refractivity contribution in [2.24, 2.45) is 10.1 Å². The zero-order chi connectivity index (χ0) is 18.7. The van der Waals surface area contributed by atoms with Crippen molar-refractivity contribution >= 4 is 17.3 Å². The standard InChI is InChI=1S/C20H21N3O3/c1-13-11-15(5-7-16(13)21-2)20(24)23-10-9-17(22-23)14-6-8-18(25-3)19(12-14)26-4/h5-8,11-12H,1,9-10H2,2-4H3. The highest BCUT2D eigenvalue weighted by Crippen LogP contribution is 2.29. The highest BCUT2D eigenvalue weighted by Gasteiger charge is 2.25. The average molecular weight is 351 g/mol. The summed E-state index contributed by atoms with van der Waals surface area (Å²) in [5.74, 6) is 1.15. The second-order valence-corrected chi connectivity index (χ2v) is 5.86. The molecule has 0 bridgehead atoms. The van der Waals surface area contributed by atoms with Crippen molar-refractivity contribution in [2.45, 2.75) is 6.42 Å². The number of aliphatic imine (C=N–C) groups is 1. The lowest BCUT2D eigenvalue weighted by atomic mass is 10.0. The summed E-state index contributed by atoms with van der Waals surface area (Å²) < 4.78 is 10.6. The number of methoxy groups -OCH3 is 2. The highest BCUT2D eigenvalue weighted by atomic mass is 16.5. The minimum atomic E-state index is -0.145. The van der Waals surface area contributed by atoms with E-state index in [1.807, 2.05) is 18.2 Å². The van der Waals surface area contributed by atoms with E-state index >= 15 is 0 Å². The van der Waals surface area contributed by atoms with Crippen molar-refractivity contribution in [1.82, 2.24) is 5.01 Å². The van der Waals surface area contributed by atoms with Crippen LogP contribution in [0.3, 0.4) is 0 Å². The molecular formula is C20H21N3O3. The first-order valence-corrected chi connectivity index (χ1v) is 8.25. The van der Waals surface area contributed by atoms with Crippen LogP contribution in [0, 0.1) is 0 Å². The van der Waals surface area contributed by atoms with Crippen LogP contribution in [0.5, 0.6) is 11.5 Å². The fourth-order valence-corrected chi connectivity index (χ4v) is 2.91. The van der Waals surface area contributed by atoms with E-state index in [1.54, 1.807) is 39.5 Å². The second-order valence-electron chi connectivity index (χ2n) is 5.86. The van der Waals surface area contributed by atoms with E-state index in [1.165, 1.54) is 5.01 Å². The van der Waals surface area contributed by atoms with Gasteiger partial charge in [-0.2, -0.15) is 5.10 Å². The van der Waals surface area contributed by atoms with Gasteiger partial charge in [0.15, 0.2) is 11.5 Å². The van der Waals surface area contributed by atoms with E-state index in [0.29, 0.717) is 30.0 Å². The van der Waals surface area contributed by atoms with Crippen LogP contribution in [0.1, 0.15) is 12.0 Å². The lowest BCUT2D eigenvalue weighted by molar-refractivity contribution is -0.126. The number of hydrogen-bond acceptors (Lipinski definition) is 5. The molecule has 6 heteroatoms. The Morgan fingerprint density at radius 3 is 2.65 bits per heavy atom. The third-order valence-corrected chi connectivity index (χ3v) is 4.32. The Morgan fingerprint density at radius 2 is 2.00 bits per heavy atom. The summed E-state index contributed by atoms with van der Waals surface area (Å²) in [4.78, 5) is 16.8. The molecule has 0 N–H and O–H groups in total. The third-order valence-electron chi connectivity index (χ3n) is 4.32. The van der Waals surface area contributed by atoms with Gasteiger partial charge in [-0.15, -0.1) is 0 Å². The molecule has 0 atom stereocenters. The van der Waals surface area contributed by atoms with Gasteiger partial charge >= 0.3 is 0 Å². The topological polar surface area (TPSA) is 63.5 Å². The quantitative estimate of drug-likeness (QED) is 0.838. The Balaban J connectivity index is 1.81. The van der Waals surface area contributed by atoms with Gasteiger partial charge in [0.1, 0.15) is 0 Å². The fraction of sp³-hybridized carbons (Fsp3) is 0.250. The minimum Gasteiger partial charge on any atom is -0.493 e. The molecule has 1 amide bonds. The Kier molecular flexibility index (Phi) is 5.02. The molecule has 1 aromatic carbocycles. The Morgan fingerprint density at radius 1 is 1.23 bits per heavy atom. The Bertz CT molecular complexity index is 878. The summed E-state index contributed by atoms with van der Waals surface area (Å²) in [5, 5.41) is 5.99. The van der Waals surface area contributed by atoms with Gasteiger partial charge in [-0.25, -0.2) is 5.01 Å². The van der Waals surface area contributed by atoms with Crippen LogP contribution >= 0.6 is 0 Å². The largest absolute Gasteiger partial charge is 0.493 e. The zero-order valence-corrected chi connectivity index (χ0v) is 15.2. The van der Waals surface area contributed by atoms with Crippen LogP contribution in [0.25, 0.3) is 0 Å². The van der Waals surface area contributed by atoms with E-state index in [2.05, 4.69) is 16.7 Å². The monoisotopic (exact) mass is 351 g/mol. The first-order valence-electron chi connectivity index (χ1n) is 8.25. The van der Waals surface area contributed by atoms with Crippen molar-refractivity contribution in [1.29, 1.82) is 0 Å². The third kappa shape index (κ3) is 3.31. The average Bonchev–Trinajstić information content (AvgIpc) is 3.16. The van der Waals surface area contributed by atoms with Crippen LogP contribution < -0.4 is 9.47 Å². The Labute approximate surface area is 152 Å². The maximum atomic E-state index is 12.7. The van der Waals surface area contributed by atoms with Crippen LogP contribution in [0.2, 0.25) is 0 Å². The molecule has 2 aliphatic rings. The predicted molar refractivity (Wildman–Crippen MR) is 102 cm³/mol. The minimum absolute atomic E-state index is 0.145. The smallest absolute Gasteiger partial charge is 0.273 e. The number of benzene rings is 1. The molecule has 1 aliphatic carbocycles. The van der Waals surface area contributed by atoms with Gasteiger partial charge in [0.25, 0.3) is 5.91 Å². The van der Waals surface area contributed by atoms with Crippen molar-refractivity contribution < 1.29 is 14.3 Å².